The largest absolute Gasteiger partial charge is 0.309 e. The van der Waals surface area contributed by atoms with E-state index in [0.29, 0.717) is 6.04 Å². The Labute approximate surface area is 144 Å². The van der Waals surface area contributed by atoms with Gasteiger partial charge in [0.1, 0.15) is 4.34 Å². The van der Waals surface area contributed by atoms with Crippen LogP contribution in [0.4, 0.5) is 0 Å². The predicted octanol–water partition coefficient (Wildman–Crippen LogP) is 6.06. The van der Waals surface area contributed by atoms with Gasteiger partial charge < -0.3 is 5.32 Å². The molecule has 1 aromatic heterocycles. The average Bonchev–Trinajstić information content (AvgIpc) is 2.78. The maximum atomic E-state index is 6.21. The number of rotatable bonds is 6. The number of nitrogens with one attached hydrogen (secondary N) is 1. The van der Waals surface area contributed by atoms with Gasteiger partial charge >= 0.3 is 0 Å². The summed E-state index contributed by atoms with van der Waals surface area (Å²) in [6.45, 7) is 7.54. The molecule has 1 heterocycles. The topological polar surface area (TPSA) is 12.0 Å². The van der Waals surface area contributed by atoms with Crippen molar-refractivity contribution in [1.82, 2.24) is 5.32 Å². The second kappa shape index (κ2) is 7.77. The van der Waals surface area contributed by atoms with Crippen LogP contribution in [-0.4, -0.2) is 6.54 Å². The molecule has 2 rings (SSSR count). The lowest BCUT2D eigenvalue weighted by atomic mass is 9.98. The molecule has 0 aliphatic rings. The van der Waals surface area contributed by atoms with Crippen LogP contribution in [0.1, 0.15) is 41.0 Å². The maximum Gasteiger partial charge on any atom is 0.107 e. The van der Waals surface area contributed by atoms with Crippen LogP contribution in [0.5, 0.6) is 0 Å². The summed E-state index contributed by atoms with van der Waals surface area (Å²) in [6, 6.07) is 9.13. The van der Waals surface area contributed by atoms with E-state index in [1.165, 1.54) is 21.6 Å². The van der Waals surface area contributed by atoms with Crippen molar-refractivity contribution in [3.05, 3.63) is 54.6 Å². The molecule has 0 spiro atoms. The molecule has 1 atom stereocenters. The molecule has 0 amide bonds. The van der Waals surface area contributed by atoms with E-state index in [1.807, 2.05) is 0 Å². The number of benzene rings is 1. The normalized spacial score (nSPS) is 12.6. The van der Waals surface area contributed by atoms with E-state index in [-0.39, 0.29) is 0 Å². The zero-order valence-electron chi connectivity index (χ0n) is 12.7. The number of hydrogen-bond acceptors (Lipinski definition) is 2. The first-order valence-electron chi connectivity index (χ1n) is 7.25. The number of hydrogen-bond donors (Lipinski definition) is 1. The Morgan fingerprint density at radius 1 is 1.29 bits per heavy atom. The summed E-state index contributed by atoms with van der Waals surface area (Å²) >= 11 is 11.4. The van der Waals surface area contributed by atoms with Gasteiger partial charge in [-0.3, -0.25) is 0 Å². The third-order valence-corrected chi connectivity index (χ3v) is 6.17. The summed E-state index contributed by atoms with van der Waals surface area (Å²) in [5.74, 6) is 0. The molecule has 2 aromatic rings. The maximum absolute atomic E-state index is 6.21. The van der Waals surface area contributed by atoms with E-state index in [1.54, 1.807) is 11.3 Å². The van der Waals surface area contributed by atoms with Crippen LogP contribution in [0.3, 0.4) is 0 Å². The second-order valence-corrected chi connectivity index (χ2v) is 7.95. The molecular weight excluding hydrogens is 366 g/mol. The number of thiophene rings is 1. The number of aryl methyl sites for hydroxylation is 2. The molecule has 114 valence electrons. The van der Waals surface area contributed by atoms with E-state index in [2.05, 4.69) is 66.3 Å². The Morgan fingerprint density at radius 2 is 2.05 bits per heavy atom. The average molecular weight is 387 g/mol. The third kappa shape index (κ3) is 4.56. The summed E-state index contributed by atoms with van der Waals surface area (Å²) in [6.07, 6.45) is 2.13. The van der Waals surface area contributed by atoms with Crippen LogP contribution in [0.25, 0.3) is 0 Å². The van der Waals surface area contributed by atoms with Gasteiger partial charge in [0, 0.05) is 15.4 Å². The quantitative estimate of drug-likeness (QED) is 0.636. The van der Waals surface area contributed by atoms with Crippen LogP contribution in [-0.2, 0) is 6.42 Å². The SMILES string of the molecule is CCCNC(Cc1cc(C)ccc1C)c1cc(Br)c(Cl)s1. The Balaban J connectivity index is 2.25. The summed E-state index contributed by atoms with van der Waals surface area (Å²) in [4.78, 5) is 1.29. The van der Waals surface area contributed by atoms with Crippen molar-refractivity contribution in [3.8, 4) is 0 Å². The van der Waals surface area contributed by atoms with Crippen molar-refractivity contribution in [2.45, 2.75) is 39.7 Å². The van der Waals surface area contributed by atoms with Crippen molar-refractivity contribution in [1.29, 1.82) is 0 Å². The van der Waals surface area contributed by atoms with E-state index >= 15 is 0 Å². The van der Waals surface area contributed by atoms with Gasteiger partial charge in [0.05, 0.1) is 0 Å². The summed E-state index contributed by atoms with van der Waals surface area (Å²) in [5.41, 5.74) is 4.07. The summed E-state index contributed by atoms with van der Waals surface area (Å²) in [7, 11) is 0. The molecular formula is C17H21BrClNS. The highest BCUT2D eigenvalue weighted by molar-refractivity contribution is 9.10. The van der Waals surface area contributed by atoms with Crippen LogP contribution in [0.2, 0.25) is 4.34 Å². The van der Waals surface area contributed by atoms with Gasteiger partial charge in [-0.05, 0) is 66.4 Å². The molecule has 0 saturated heterocycles. The molecule has 1 aromatic carbocycles. The zero-order chi connectivity index (χ0) is 15.4. The zero-order valence-corrected chi connectivity index (χ0v) is 15.8. The first-order valence-corrected chi connectivity index (χ1v) is 9.24. The molecule has 0 fully saturated rings. The van der Waals surface area contributed by atoms with Crippen LogP contribution in [0.15, 0.2) is 28.7 Å². The van der Waals surface area contributed by atoms with Crippen molar-refractivity contribution >= 4 is 38.9 Å². The van der Waals surface area contributed by atoms with Gasteiger partial charge in [0.2, 0.25) is 0 Å². The minimum Gasteiger partial charge on any atom is -0.309 e. The van der Waals surface area contributed by atoms with Crippen molar-refractivity contribution in [2.75, 3.05) is 6.54 Å². The third-order valence-electron chi connectivity index (χ3n) is 3.58. The number of halogens is 2. The molecule has 4 heteroatoms. The van der Waals surface area contributed by atoms with Gasteiger partial charge in [0.15, 0.2) is 0 Å². The van der Waals surface area contributed by atoms with Crippen molar-refractivity contribution < 1.29 is 0 Å². The van der Waals surface area contributed by atoms with E-state index < -0.39 is 0 Å². The molecule has 0 aliphatic heterocycles. The fourth-order valence-corrected chi connectivity index (χ4v) is 4.18. The fourth-order valence-electron chi connectivity index (χ4n) is 2.37. The summed E-state index contributed by atoms with van der Waals surface area (Å²) in [5, 5.41) is 3.65. The molecule has 0 bridgehead atoms. The molecule has 0 radical (unpaired) electrons. The Kier molecular flexibility index (Phi) is 6.30. The second-order valence-electron chi connectivity index (χ2n) is 5.41. The van der Waals surface area contributed by atoms with E-state index in [0.717, 1.165) is 28.2 Å². The molecule has 21 heavy (non-hydrogen) atoms. The van der Waals surface area contributed by atoms with Gasteiger partial charge in [0.25, 0.3) is 0 Å². The van der Waals surface area contributed by atoms with Gasteiger partial charge in [-0.1, -0.05) is 42.3 Å². The Hall–Kier alpha value is -0.350. The lowest BCUT2D eigenvalue weighted by Crippen LogP contribution is -2.23. The lowest BCUT2D eigenvalue weighted by molar-refractivity contribution is 0.535. The smallest absolute Gasteiger partial charge is 0.107 e. The highest BCUT2D eigenvalue weighted by Gasteiger charge is 2.17. The monoisotopic (exact) mass is 385 g/mol. The van der Waals surface area contributed by atoms with Crippen molar-refractivity contribution in [2.24, 2.45) is 0 Å². The first-order chi connectivity index (χ1) is 10.0. The van der Waals surface area contributed by atoms with Gasteiger partial charge in [-0.15, -0.1) is 11.3 Å². The molecule has 0 saturated carbocycles. The molecule has 1 N–H and O–H groups in total. The highest BCUT2D eigenvalue weighted by atomic mass is 79.9. The predicted molar refractivity (Wildman–Crippen MR) is 97.7 cm³/mol. The van der Waals surface area contributed by atoms with Crippen LogP contribution in [0, 0.1) is 13.8 Å². The van der Waals surface area contributed by atoms with E-state index in [9.17, 15) is 0 Å². The minimum atomic E-state index is 0.319. The standard InChI is InChI=1S/C17H21BrClNS/c1-4-7-20-15(16-10-14(18)17(19)21-16)9-13-8-11(2)5-6-12(13)3/h5-6,8,10,15,20H,4,7,9H2,1-3H3. The molecule has 1 nitrogen and oxygen atoms in total. The van der Waals surface area contributed by atoms with Crippen LogP contribution < -0.4 is 5.32 Å². The Morgan fingerprint density at radius 3 is 2.67 bits per heavy atom. The molecule has 1 unspecified atom stereocenters. The lowest BCUT2D eigenvalue weighted by Gasteiger charge is -2.19. The fraction of sp³-hybridized carbons (Fsp3) is 0.412. The van der Waals surface area contributed by atoms with Crippen molar-refractivity contribution in [3.63, 3.8) is 0 Å². The molecule has 0 aliphatic carbocycles. The minimum absolute atomic E-state index is 0.319. The van der Waals surface area contributed by atoms with Crippen LogP contribution >= 0.6 is 38.9 Å². The highest BCUT2D eigenvalue weighted by Crippen LogP contribution is 2.36. The van der Waals surface area contributed by atoms with E-state index in [4.69, 9.17) is 11.6 Å². The van der Waals surface area contributed by atoms with Gasteiger partial charge in [-0.2, -0.15) is 0 Å². The van der Waals surface area contributed by atoms with Gasteiger partial charge in [-0.25, -0.2) is 0 Å². The first kappa shape index (κ1) is 17.0. The summed E-state index contributed by atoms with van der Waals surface area (Å²) < 4.78 is 1.82. The Bertz CT molecular complexity index is 589.